The Bertz CT molecular complexity index is 2120. The number of halogens is 2. The molecule has 15 heteroatoms. The summed E-state index contributed by atoms with van der Waals surface area (Å²) in [5, 5.41) is 2.80. The Morgan fingerprint density at radius 3 is 1.43 bits per heavy atom. The van der Waals surface area contributed by atoms with E-state index in [1.165, 1.54) is 56.7 Å². The molecule has 2 saturated heterocycles. The lowest BCUT2D eigenvalue weighted by Crippen LogP contribution is -2.37. The van der Waals surface area contributed by atoms with Gasteiger partial charge in [-0.1, -0.05) is 147 Å². The first-order chi connectivity index (χ1) is 28.0. The standard InChI is InChI=1S/C17H14O2S2.C17H16O2.C9H10N2O3S2.I2/c1-17(20-21-17)16(18)19-10-15-13-8-4-2-6-11(13)12-7-3-5-9-14(12)15;1-2-17(18)19-11-16-14-9-5-3-7-12(14)13-8-4-6-10-15(13)16;1-9(15-16-9)10-6(12)4-5-11-7(13)2-3-8(11)14;1-2/h2-9,15H,10H2,1H3;3-10,16H,2,11H2,1H3;2-3H,4-5H2,1H3,(H,10,12);. The third-order valence-electron chi connectivity index (χ3n) is 9.87. The molecule has 4 aromatic rings. The molecule has 9 rings (SSSR count). The van der Waals surface area contributed by atoms with Crippen LogP contribution in [0.4, 0.5) is 0 Å². The number of benzene rings is 4. The van der Waals surface area contributed by atoms with E-state index in [1.54, 1.807) is 43.2 Å². The number of hydrogen-bond donors (Lipinski definition) is 1. The molecule has 302 valence electrons. The van der Waals surface area contributed by atoms with Gasteiger partial charge in [-0.25, -0.2) is 4.79 Å². The van der Waals surface area contributed by atoms with Crippen molar-refractivity contribution in [3.05, 3.63) is 131 Å². The van der Waals surface area contributed by atoms with Gasteiger partial charge in [0.15, 0.2) is 4.08 Å². The third kappa shape index (κ3) is 10.7. The molecule has 0 aromatic heterocycles. The van der Waals surface area contributed by atoms with Crippen LogP contribution in [0.1, 0.15) is 67.7 Å². The van der Waals surface area contributed by atoms with Crippen LogP contribution in [0.5, 0.6) is 0 Å². The molecule has 1 N–H and O–H groups in total. The number of nitrogens with one attached hydrogen (secondary N) is 1. The van der Waals surface area contributed by atoms with E-state index in [9.17, 15) is 24.0 Å². The normalized spacial score (nSPS) is 16.7. The summed E-state index contributed by atoms with van der Waals surface area (Å²) in [7, 11) is 6.32. The number of imide groups is 1. The summed E-state index contributed by atoms with van der Waals surface area (Å²) in [6.45, 7) is 6.64. The average Bonchev–Trinajstić information content (AvgIpc) is 4.08. The smallest absolute Gasteiger partial charge is 0.334 e. The summed E-state index contributed by atoms with van der Waals surface area (Å²) in [6.07, 6.45) is 3.01. The molecular formula is C43H40I2N2O7S4. The number of carbonyl (C=O) groups excluding carboxylic acids is 5. The SMILES string of the molecule is CC1(C(=O)OCC2c3ccccc3-c3ccccc32)SS1.CC1(NC(=O)CCN2C(=O)C=CC2=O)SS1.CCC(=O)OCC1c2ccccc2-c2ccccc21.II. The summed E-state index contributed by atoms with van der Waals surface area (Å²) >= 11 is 4.24. The topological polar surface area (TPSA) is 119 Å². The Hall–Kier alpha value is -2.97. The molecule has 0 atom stereocenters. The molecule has 0 bridgehead atoms. The number of hydrogen-bond acceptors (Lipinski definition) is 11. The summed E-state index contributed by atoms with van der Waals surface area (Å²) < 4.78 is 10.3. The van der Waals surface area contributed by atoms with Gasteiger partial charge >= 0.3 is 11.9 Å². The van der Waals surface area contributed by atoms with Crippen LogP contribution in [0, 0.1) is 0 Å². The molecule has 3 aliphatic heterocycles. The molecule has 0 radical (unpaired) electrons. The molecular weight excluding hydrogens is 1040 g/mol. The number of ether oxygens (including phenoxy) is 2. The zero-order valence-corrected chi connectivity index (χ0v) is 39.4. The van der Waals surface area contributed by atoms with Gasteiger partial charge in [-0.05, 0) is 58.4 Å². The number of nitrogens with zero attached hydrogens (tertiary/aromatic N) is 1. The van der Waals surface area contributed by atoms with Crippen molar-refractivity contribution in [2.45, 2.75) is 53.7 Å². The van der Waals surface area contributed by atoms with Crippen LogP contribution < -0.4 is 5.32 Å². The summed E-state index contributed by atoms with van der Waals surface area (Å²) in [6, 6.07) is 33.5. The lowest BCUT2D eigenvalue weighted by Gasteiger charge is -2.15. The first-order valence-corrected chi connectivity index (χ1v) is 29.0. The molecule has 3 amide bonds. The minimum atomic E-state index is -0.377. The largest absolute Gasteiger partial charge is 0.465 e. The van der Waals surface area contributed by atoms with E-state index < -0.39 is 0 Å². The van der Waals surface area contributed by atoms with Crippen LogP contribution in [0.25, 0.3) is 22.3 Å². The van der Waals surface area contributed by atoms with Crippen molar-refractivity contribution >= 4 is 110 Å². The van der Waals surface area contributed by atoms with E-state index in [0.717, 1.165) is 4.90 Å². The van der Waals surface area contributed by atoms with Crippen LogP contribution in [-0.4, -0.2) is 62.6 Å². The van der Waals surface area contributed by atoms with E-state index in [4.69, 9.17) is 9.47 Å². The summed E-state index contributed by atoms with van der Waals surface area (Å²) in [4.78, 5) is 58.3. The lowest BCUT2D eigenvalue weighted by molar-refractivity contribution is -0.144. The maximum absolute atomic E-state index is 12.0. The highest BCUT2D eigenvalue weighted by molar-refractivity contribution is 15.0. The van der Waals surface area contributed by atoms with Gasteiger partial charge in [-0.15, -0.1) is 0 Å². The second-order valence-corrected chi connectivity index (χ2v) is 20.2. The van der Waals surface area contributed by atoms with Gasteiger partial charge in [-0.3, -0.25) is 24.1 Å². The van der Waals surface area contributed by atoms with E-state index >= 15 is 0 Å². The Morgan fingerprint density at radius 2 is 1.05 bits per heavy atom. The fourth-order valence-electron chi connectivity index (χ4n) is 6.86. The van der Waals surface area contributed by atoms with Crippen molar-refractivity contribution in [2.75, 3.05) is 19.8 Å². The highest BCUT2D eigenvalue weighted by Gasteiger charge is 2.50. The quantitative estimate of drug-likeness (QED) is 0.0538. The molecule has 0 spiro atoms. The minimum Gasteiger partial charge on any atom is -0.465 e. The molecule has 0 unspecified atom stereocenters. The maximum atomic E-state index is 12.0. The Kier molecular flexibility index (Phi) is 15.4. The molecule has 2 aliphatic carbocycles. The Labute approximate surface area is 377 Å². The zero-order valence-electron chi connectivity index (χ0n) is 31.8. The first-order valence-electron chi connectivity index (χ1n) is 18.4. The lowest BCUT2D eigenvalue weighted by atomic mass is 9.98. The van der Waals surface area contributed by atoms with Gasteiger partial charge in [0, 0.05) is 80.6 Å². The number of amides is 3. The van der Waals surface area contributed by atoms with Gasteiger partial charge in [0.25, 0.3) is 11.8 Å². The monoisotopic (exact) mass is 1080 g/mol. The van der Waals surface area contributed by atoms with Gasteiger partial charge < -0.3 is 14.8 Å². The number of esters is 2. The highest BCUT2D eigenvalue weighted by atomic mass is 128. The van der Waals surface area contributed by atoms with Crippen LogP contribution in [0.2, 0.25) is 0 Å². The van der Waals surface area contributed by atoms with Gasteiger partial charge in [0.2, 0.25) is 5.91 Å². The number of rotatable bonds is 10. The second kappa shape index (κ2) is 20.1. The third-order valence-corrected chi connectivity index (χ3v) is 15.7. The van der Waals surface area contributed by atoms with Crippen molar-refractivity contribution in [3.8, 4) is 22.3 Å². The van der Waals surface area contributed by atoms with Crippen molar-refractivity contribution in [1.29, 1.82) is 0 Å². The maximum Gasteiger partial charge on any atom is 0.334 e. The van der Waals surface area contributed by atoms with Gasteiger partial charge in [-0.2, -0.15) is 0 Å². The van der Waals surface area contributed by atoms with Crippen LogP contribution >= 0.6 is 80.4 Å². The predicted octanol–water partition coefficient (Wildman–Crippen LogP) is 10.5. The number of fused-ring (bicyclic) bond motifs is 6. The van der Waals surface area contributed by atoms with E-state index in [2.05, 4.69) is 115 Å². The van der Waals surface area contributed by atoms with E-state index in [1.807, 2.05) is 45.0 Å². The van der Waals surface area contributed by atoms with Crippen molar-refractivity contribution in [3.63, 3.8) is 0 Å². The van der Waals surface area contributed by atoms with Crippen LogP contribution in [-0.2, 0) is 33.4 Å². The molecule has 2 fully saturated rings. The number of carbonyl (C=O) groups is 5. The Morgan fingerprint density at radius 1 is 0.655 bits per heavy atom. The zero-order chi connectivity index (χ0) is 41.5. The fraction of sp³-hybridized carbons (Fsp3) is 0.279. The predicted molar refractivity (Wildman–Crippen MR) is 253 cm³/mol. The van der Waals surface area contributed by atoms with Gasteiger partial charge in [0.1, 0.15) is 17.4 Å². The first kappa shape index (κ1) is 44.6. The fourth-order valence-corrected chi connectivity index (χ4v) is 9.09. The van der Waals surface area contributed by atoms with Crippen molar-refractivity contribution in [1.82, 2.24) is 10.2 Å². The van der Waals surface area contributed by atoms with Crippen LogP contribution in [0.15, 0.2) is 109 Å². The van der Waals surface area contributed by atoms with Gasteiger partial charge in [0.05, 0.1) is 0 Å². The Balaban J connectivity index is 0.000000145. The van der Waals surface area contributed by atoms with E-state index in [0.29, 0.717) is 19.6 Å². The molecule has 58 heavy (non-hydrogen) atoms. The molecule has 9 nitrogen and oxygen atoms in total. The van der Waals surface area contributed by atoms with E-state index in [-0.39, 0.29) is 62.7 Å². The van der Waals surface area contributed by atoms with Crippen LogP contribution in [0.3, 0.4) is 0 Å². The minimum absolute atomic E-state index is 0.112. The molecule has 0 saturated carbocycles. The van der Waals surface area contributed by atoms with Crippen molar-refractivity contribution < 1.29 is 33.4 Å². The highest BCUT2D eigenvalue weighted by Crippen LogP contribution is 2.65. The average molecular weight is 1080 g/mol. The molecule has 4 aromatic carbocycles. The molecule has 3 heterocycles. The molecule has 5 aliphatic rings. The summed E-state index contributed by atoms with van der Waals surface area (Å²) in [5.74, 6) is -0.770. The second-order valence-electron chi connectivity index (χ2n) is 13.8. The van der Waals surface area contributed by atoms with Crippen molar-refractivity contribution in [2.24, 2.45) is 0 Å². The summed E-state index contributed by atoms with van der Waals surface area (Å²) in [5.41, 5.74) is 10.1.